The lowest BCUT2D eigenvalue weighted by molar-refractivity contribution is -0.385. The maximum Gasteiger partial charge on any atom is 0.324 e. The SMILES string of the molecule is CCNC(COc1ccc(C)c([N+](=O)[O-])c1)C(=O)O. The first-order chi connectivity index (χ1) is 8.95. The largest absolute Gasteiger partial charge is 0.491 e. The molecule has 1 unspecified atom stereocenters. The first-order valence-corrected chi connectivity index (χ1v) is 5.79. The molecule has 0 saturated carbocycles. The smallest absolute Gasteiger partial charge is 0.324 e. The molecule has 104 valence electrons. The minimum Gasteiger partial charge on any atom is -0.491 e. The molecule has 0 aliphatic heterocycles. The molecule has 19 heavy (non-hydrogen) atoms. The van der Waals surface area contributed by atoms with Gasteiger partial charge in [-0.05, 0) is 25.6 Å². The van der Waals surface area contributed by atoms with Crippen molar-refractivity contribution in [2.75, 3.05) is 13.2 Å². The Morgan fingerprint density at radius 3 is 2.79 bits per heavy atom. The van der Waals surface area contributed by atoms with E-state index in [1.54, 1.807) is 26.0 Å². The Kier molecular flexibility index (Phi) is 5.25. The van der Waals surface area contributed by atoms with E-state index < -0.39 is 16.9 Å². The summed E-state index contributed by atoms with van der Waals surface area (Å²) in [6.45, 7) is 3.81. The van der Waals surface area contributed by atoms with E-state index in [0.717, 1.165) is 0 Å². The number of nitrogens with one attached hydrogen (secondary N) is 1. The number of hydrogen-bond acceptors (Lipinski definition) is 5. The quantitative estimate of drug-likeness (QED) is 0.571. The zero-order valence-electron chi connectivity index (χ0n) is 10.8. The van der Waals surface area contributed by atoms with Crippen LogP contribution in [0, 0.1) is 17.0 Å². The number of benzene rings is 1. The van der Waals surface area contributed by atoms with Gasteiger partial charge in [0.2, 0.25) is 0 Å². The van der Waals surface area contributed by atoms with Gasteiger partial charge < -0.3 is 15.2 Å². The molecular weight excluding hydrogens is 252 g/mol. The Hall–Kier alpha value is -2.15. The molecule has 1 rings (SSSR count). The van der Waals surface area contributed by atoms with Crippen LogP contribution in [0.25, 0.3) is 0 Å². The molecular formula is C12H16N2O5. The number of carbonyl (C=O) groups is 1. The molecule has 1 aromatic rings. The van der Waals surface area contributed by atoms with Gasteiger partial charge in [0.05, 0.1) is 11.0 Å². The number of ether oxygens (including phenoxy) is 1. The lowest BCUT2D eigenvalue weighted by Crippen LogP contribution is -2.41. The van der Waals surface area contributed by atoms with Gasteiger partial charge in [0.25, 0.3) is 5.69 Å². The van der Waals surface area contributed by atoms with E-state index in [1.165, 1.54) is 6.07 Å². The Labute approximate surface area is 110 Å². The fourth-order valence-corrected chi connectivity index (χ4v) is 1.52. The summed E-state index contributed by atoms with van der Waals surface area (Å²) in [7, 11) is 0. The van der Waals surface area contributed by atoms with E-state index in [0.29, 0.717) is 12.1 Å². The van der Waals surface area contributed by atoms with E-state index in [-0.39, 0.29) is 18.0 Å². The average Bonchev–Trinajstić information content (AvgIpc) is 2.35. The highest BCUT2D eigenvalue weighted by molar-refractivity contribution is 5.73. The molecule has 0 amide bonds. The van der Waals surface area contributed by atoms with Gasteiger partial charge in [0.15, 0.2) is 0 Å². The van der Waals surface area contributed by atoms with Crippen molar-refractivity contribution in [1.29, 1.82) is 0 Å². The second kappa shape index (κ2) is 6.69. The van der Waals surface area contributed by atoms with Crippen LogP contribution < -0.4 is 10.1 Å². The number of aliphatic carboxylic acids is 1. The number of hydrogen-bond donors (Lipinski definition) is 2. The van der Waals surface area contributed by atoms with Crippen molar-refractivity contribution < 1.29 is 19.6 Å². The van der Waals surface area contributed by atoms with Gasteiger partial charge in [0, 0.05) is 5.56 Å². The highest BCUT2D eigenvalue weighted by Crippen LogP contribution is 2.23. The first-order valence-electron chi connectivity index (χ1n) is 5.79. The van der Waals surface area contributed by atoms with Gasteiger partial charge in [-0.1, -0.05) is 6.92 Å². The van der Waals surface area contributed by atoms with Crippen LogP contribution in [0.1, 0.15) is 12.5 Å². The molecule has 0 bridgehead atoms. The predicted molar refractivity (Wildman–Crippen MR) is 68.4 cm³/mol. The molecule has 7 heteroatoms. The molecule has 0 saturated heterocycles. The number of aryl methyl sites for hydroxylation is 1. The molecule has 0 aliphatic rings. The van der Waals surface area contributed by atoms with Gasteiger partial charge in [-0.25, -0.2) is 0 Å². The van der Waals surface area contributed by atoms with E-state index in [1.807, 2.05) is 0 Å². The fraction of sp³-hybridized carbons (Fsp3) is 0.417. The topological polar surface area (TPSA) is 102 Å². The molecule has 0 radical (unpaired) electrons. The van der Waals surface area contributed by atoms with Crippen LogP contribution in [-0.2, 0) is 4.79 Å². The molecule has 0 aliphatic carbocycles. The summed E-state index contributed by atoms with van der Waals surface area (Å²) >= 11 is 0. The zero-order valence-corrected chi connectivity index (χ0v) is 10.8. The maximum absolute atomic E-state index is 10.9. The number of likely N-dealkylation sites (N-methyl/N-ethyl adjacent to an activating group) is 1. The monoisotopic (exact) mass is 268 g/mol. The van der Waals surface area contributed by atoms with Crippen LogP contribution in [0.15, 0.2) is 18.2 Å². The zero-order chi connectivity index (χ0) is 14.4. The third-order valence-corrected chi connectivity index (χ3v) is 2.54. The Balaban J connectivity index is 2.74. The summed E-state index contributed by atoms with van der Waals surface area (Å²) in [5.74, 6) is -0.745. The fourth-order valence-electron chi connectivity index (χ4n) is 1.52. The number of nitro groups is 1. The number of rotatable bonds is 7. The normalized spacial score (nSPS) is 11.9. The molecule has 1 atom stereocenters. The van der Waals surface area contributed by atoms with Gasteiger partial charge in [-0.3, -0.25) is 14.9 Å². The predicted octanol–water partition coefficient (Wildman–Crippen LogP) is 1.34. The minimum atomic E-state index is -1.02. The minimum absolute atomic E-state index is 0.0483. The summed E-state index contributed by atoms with van der Waals surface area (Å²) in [6, 6.07) is 3.59. The highest BCUT2D eigenvalue weighted by atomic mass is 16.6. The Morgan fingerprint density at radius 1 is 1.58 bits per heavy atom. The second-order valence-corrected chi connectivity index (χ2v) is 3.96. The van der Waals surface area contributed by atoms with Gasteiger partial charge in [-0.15, -0.1) is 0 Å². The van der Waals surface area contributed by atoms with Crippen LogP contribution in [0.3, 0.4) is 0 Å². The summed E-state index contributed by atoms with van der Waals surface area (Å²) in [4.78, 5) is 21.2. The van der Waals surface area contributed by atoms with Gasteiger partial charge in [0.1, 0.15) is 18.4 Å². The van der Waals surface area contributed by atoms with Gasteiger partial charge in [-0.2, -0.15) is 0 Å². The summed E-state index contributed by atoms with van der Waals surface area (Å²) < 4.78 is 5.28. The number of carboxylic acids is 1. The van der Waals surface area contributed by atoms with E-state index in [4.69, 9.17) is 9.84 Å². The first kappa shape index (κ1) is 14.9. The van der Waals surface area contributed by atoms with Crippen molar-refractivity contribution >= 4 is 11.7 Å². The van der Waals surface area contributed by atoms with Crippen LogP contribution >= 0.6 is 0 Å². The average molecular weight is 268 g/mol. The second-order valence-electron chi connectivity index (χ2n) is 3.96. The van der Waals surface area contributed by atoms with Crippen molar-refractivity contribution in [2.24, 2.45) is 0 Å². The van der Waals surface area contributed by atoms with Crippen LogP contribution in [0.4, 0.5) is 5.69 Å². The molecule has 0 fully saturated rings. The van der Waals surface area contributed by atoms with Gasteiger partial charge >= 0.3 is 5.97 Å². The van der Waals surface area contributed by atoms with Crippen molar-refractivity contribution in [3.8, 4) is 5.75 Å². The number of nitro benzene ring substituents is 1. The highest BCUT2D eigenvalue weighted by Gasteiger charge is 2.18. The Morgan fingerprint density at radius 2 is 2.26 bits per heavy atom. The van der Waals surface area contributed by atoms with Crippen molar-refractivity contribution in [2.45, 2.75) is 19.9 Å². The summed E-state index contributed by atoms with van der Waals surface area (Å²) in [5.41, 5.74) is 0.478. The standard InChI is InChI=1S/C12H16N2O5/c1-3-13-10(12(15)16)7-19-9-5-4-8(2)11(6-9)14(17)18/h4-6,10,13H,3,7H2,1-2H3,(H,15,16). The molecule has 0 aromatic heterocycles. The summed E-state index contributed by atoms with van der Waals surface area (Å²) in [5, 5.41) is 22.4. The maximum atomic E-state index is 10.9. The summed E-state index contributed by atoms with van der Waals surface area (Å²) in [6.07, 6.45) is 0. The van der Waals surface area contributed by atoms with E-state index in [9.17, 15) is 14.9 Å². The van der Waals surface area contributed by atoms with Crippen molar-refractivity contribution in [3.63, 3.8) is 0 Å². The molecule has 7 nitrogen and oxygen atoms in total. The van der Waals surface area contributed by atoms with Crippen LogP contribution in [-0.4, -0.2) is 35.2 Å². The number of nitrogens with zero attached hydrogens (tertiary/aromatic N) is 1. The van der Waals surface area contributed by atoms with E-state index >= 15 is 0 Å². The van der Waals surface area contributed by atoms with Crippen molar-refractivity contribution in [1.82, 2.24) is 5.32 Å². The van der Waals surface area contributed by atoms with Crippen molar-refractivity contribution in [3.05, 3.63) is 33.9 Å². The van der Waals surface area contributed by atoms with Crippen LogP contribution in [0.5, 0.6) is 5.75 Å². The molecule has 1 aromatic carbocycles. The van der Waals surface area contributed by atoms with Crippen LogP contribution in [0.2, 0.25) is 0 Å². The third-order valence-electron chi connectivity index (χ3n) is 2.54. The van der Waals surface area contributed by atoms with E-state index in [2.05, 4.69) is 5.32 Å². The molecule has 2 N–H and O–H groups in total. The third kappa shape index (κ3) is 4.22. The molecule has 0 heterocycles. The lowest BCUT2D eigenvalue weighted by Gasteiger charge is -2.14. The molecule has 0 spiro atoms. The lowest BCUT2D eigenvalue weighted by atomic mass is 10.2. The number of carboxylic acid groups (broad SMARTS) is 1. The Bertz CT molecular complexity index is 475.